The fourth-order valence-electron chi connectivity index (χ4n) is 6.30. The summed E-state index contributed by atoms with van der Waals surface area (Å²) in [6.45, 7) is 11.3. The Labute approximate surface area is 309 Å². The zero-order valence-electron chi connectivity index (χ0n) is 29.0. The quantitative estimate of drug-likeness (QED) is 0.209. The molecule has 3 aliphatic heterocycles. The minimum absolute atomic E-state index is 0.250. The van der Waals surface area contributed by atoms with Crippen LogP contribution in [0, 0.1) is 0 Å². The van der Waals surface area contributed by atoms with Gasteiger partial charge >= 0.3 is 0 Å². The molecule has 0 saturated carbocycles. The minimum atomic E-state index is -1.15. The molecule has 1 N–H and O–H groups in total. The summed E-state index contributed by atoms with van der Waals surface area (Å²) in [5.41, 5.74) is 3.97. The van der Waals surface area contributed by atoms with Gasteiger partial charge in [-0.25, -0.2) is 9.67 Å². The molecule has 3 aliphatic rings. The number of aliphatic hydroxyl groups is 1. The van der Waals surface area contributed by atoms with E-state index in [2.05, 4.69) is 68.1 Å². The van der Waals surface area contributed by atoms with Crippen molar-refractivity contribution in [2.24, 2.45) is 4.99 Å². The number of halogens is 2. The number of anilines is 2. The Morgan fingerprint density at radius 3 is 2.25 bits per heavy atom. The van der Waals surface area contributed by atoms with Gasteiger partial charge in [0.1, 0.15) is 37.7 Å². The van der Waals surface area contributed by atoms with Crippen LogP contribution in [0.2, 0.25) is 10.0 Å². The molecule has 3 aromatic carbocycles. The molecule has 0 aliphatic carbocycles. The van der Waals surface area contributed by atoms with Crippen LogP contribution >= 0.6 is 23.2 Å². The Balaban J connectivity index is 0.00000144. The zero-order valence-corrected chi connectivity index (χ0v) is 30.5. The smallest absolute Gasteiger partial charge is 0.292 e. The van der Waals surface area contributed by atoms with Gasteiger partial charge in [-0.3, -0.25) is 0 Å². The Morgan fingerprint density at radius 2 is 1.63 bits per heavy atom. The topological polar surface area (TPSA) is 110 Å². The lowest BCUT2D eigenvalue weighted by Gasteiger charge is -2.37. The van der Waals surface area contributed by atoms with E-state index in [1.807, 2.05) is 18.2 Å². The molecule has 2 atom stereocenters. The summed E-state index contributed by atoms with van der Waals surface area (Å²) in [5.74, 6) is -0.379. The van der Waals surface area contributed by atoms with Gasteiger partial charge < -0.3 is 38.8 Å². The molecule has 0 bridgehead atoms. The van der Waals surface area contributed by atoms with Crippen LogP contribution in [0.15, 0.2) is 84.4 Å². The molecule has 4 aromatic rings. The first kappa shape index (κ1) is 36.7. The number of hydrogen-bond donors (Lipinski definition) is 1. The number of ether oxygens (including phenoxy) is 4. The lowest BCUT2D eigenvalue weighted by atomic mass is 10.1. The first-order valence-electron chi connectivity index (χ1n) is 17.4. The first-order chi connectivity index (χ1) is 24.9. The maximum absolute atomic E-state index is 7.57. The van der Waals surface area contributed by atoms with E-state index in [1.54, 1.807) is 30.1 Å². The Hall–Kier alpha value is -4.07. The molecule has 0 spiro atoms. The van der Waals surface area contributed by atoms with Crippen LogP contribution in [0.3, 0.4) is 0 Å². The highest BCUT2D eigenvalue weighted by Gasteiger charge is 2.45. The molecule has 4 heterocycles. The summed E-state index contributed by atoms with van der Waals surface area (Å²) < 4.78 is 26.4. The van der Waals surface area contributed by atoms with E-state index in [0.717, 1.165) is 69.8 Å². The van der Waals surface area contributed by atoms with Crippen molar-refractivity contribution >= 4 is 46.3 Å². The molecular weight excluding hydrogens is 693 g/mol. The summed E-state index contributed by atoms with van der Waals surface area (Å²) in [5, 5.41) is 12.8. The van der Waals surface area contributed by atoms with Gasteiger partial charge in [-0.2, -0.15) is 10.1 Å². The number of aromatic nitrogens is 3. The molecule has 0 amide bonds. The van der Waals surface area contributed by atoms with Gasteiger partial charge in [-0.15, -0.1) is 0 Å². The lowest BCUT2D eigenvalue weighted by Crippen LogP contribution is -2.46. The van der Waals surface area contributed by atoms with Crippen LogP contribution in [0.5, 0.6) is 5.75 Å². The van der Waals surface area contributed by atoms with E-state index >= 15 is 0 Å². The van der Waals surface area contributed by atoms with E-state index in [-0.39, 0.29) is 19.3 Å². The number of piperazine rings is 1. The fourth-order valence-corrected chi connectivity index (χ4v) is 6.85. The van der Waals surface area contributed by atoms with Gasteiger partial charge in [-0.1, -0.05) is 29.3 Å². The summed E-state index contributed by atoms with van der Waals surface area (Å²) in [6.07, 6.45) is 3.81. The monoisotopic (exact) mass is 737 g/mol. The number of amidine groups is 1. The Kier molecular flexibility index (Phi) is 12.5. The van der Waals surface area contributed by atoms with Crippen molar-refractivity contribution in [2.45, 2.75) is 38.7 Å². The third-order valence-electron chi connectivity index (χ3n) is 8.85. The third kappa shape index (κ3) is 9.24. The number of aliphatic hydroxyl groups excluding tert-OH is 1. The number of hydrogen-bond acceptors (Lipinski definition) is 10. The van der Waals surface area contributed by atoms with Crippen molar-refractivity contribution in [3.8, 4) is 5.75 Å². The second-order valence-corrected chi connectivity index (χ2v) is 13.2. The van der Waals surface area contributed by atoms with Crippen LogP contribution in [0.1, 0.15) is 25.8 Å². The molecule has 14 heteroatoms. The largest absolute Gasteiger partial charge is 0.491 e. The highest BCUT2D eigenvalue weighted by Crippen LogP contribution is 2.40. The van der Waals surface area contributed by atoms with E-state index in [9.17, 15) is 0 Å². The molecule has 3 saturated heterocycles. The maximum atomic E-state index is 7.57. The molecule has 3 fully saturated rings. The second kappa shape index (κ2) is 17.4. The predicted octanol–water partition coefficient (Wildman–Crippen LogP) is 5.99. The van der Waals surface area contributed by atoms with Crippen molar-refractivity contribution in [1.82, 2.24) is 19.7 Å². The normalized spacial score (nSPS) is 21.3. The van der Waals surface area contributed by atoms with Gasteiger partial charge in [0.2, 0.25) is 5.79 Å². The summed E-state index contributed by atoms with van der Waals surface area (Å²) >= 11 is 12.7. The number of nitrogens with zero attached hydrogens (tertiary/aromatic N) is 7. The zero-order chi connectivity index (χ0) is 35.6. The number of aliphatic imine (C=N–C) groups is 1. The van der Waals surface area contributed by atoms with Gasteiger partial charge in [0.05, 0.1) is 23.9 Å². The van der Waals surface area contributed by atoms with Crippen LogP contribution in [0.4, 0.5) is 17.1 Å². The van der Waals surface area contributed by atoms with E-state index < -0.39 is 5.79 Å². The van der Waals surface area contributed by atoms with Gasteiger partial charge in [0, 0.05) is 67.8 Å². The van der Waals surface area contributed by atoms with Gasteiger partial charge in [0.25, 0.3) is 6.02 Å². The van der Waals surface area contributed by atoms with Crippen molar-refractivity contribution in [2.75, 3.05) is 75.5 Å². The van der Waals surface area contributed by atoms with E-state index in [0.29, 0.717) is 28.8 Å². The first-order valence-corrected chi connectivity index (χ1v) is 18.1. The predicted molar refractivity (Wildman–Crippen MR) is 199 cm³/mol. The highest BCUT2D eigenvalue weighted by atomic mass is 35.5. The van der Waals surface area contributed by atoms with Crippen LogP contribution in [-0.4, -0.2) is 103 Å². The van der Waals surface area contributed by atoms with E-state index in [1.165, 1.54) is 17.7 Å². The molecule has 1 aromatic heterocycles. The maximum Gasteiger partial charge on any atom is 0.292 e. The van der Waals surface area contributed by atoms with Gasteiger partial charge in [0.15, 0.2) is 0 Å². The summed E-state index contributed by atoms with van der Waals surface area (Å²) in [4.78, 5) is 15.8. The van der Waals surface area contributed by atoms with Crippen LogP contribution in [-0.2, 0) is 26.5 Å². The van der Waals surface area contributed by atoms with Crippen LogP contribution < -0.4 is 14.5 Å². The van der Waals surface area contributed by atoms with Gasteiger partial charge in [-0.05, 0) is 80.9 Å². The Bertz CT molecular complexity index is 1700. The molecule has 272 valence electrons. The highest BCUT2D eigenvalue weighted by molar-refractivity contribution is 6.35. The minimum Gasteiger partial charge on any atom is -0.491 e. The molecular formula is C37H45Cl2N7O5. The summed E-state index contributed by atoms with van der Waals surface area (Å²) in [6, 6.07) is 22.7. The molecule has 12 nitrogen and oxygen atoms in total. The van der Waals surface area contributed by atoms with Crippen LogP contribution in [0.25, 0.3) is 0 Å². The second-order valence-electron chi connectivity index (χ2n) is 12.3. The SMILES string of the molecule is CCN1CCCOC1=Nc1ccc(N2CCN(c3ccc(OC[C@@H]4CO[C@@](Cn5cncn5)(c5ccc(Cl)cc5Cl)O4)cc3)CC2)cc1.CCO. The molecule has 7 rings (SSSR count). The fraction of sp³-hybridized carbons (Fsp3) is 0.432. The third-order valence-corrected chi connectivity index (χ3v) is 9.40. The number of rotatable bonds is 10. The average Bonchev–Trinajstić information content (AvgIpc) is 3.82. The average molecular weight is 739 g/mol. The standard InChI is InChI=1S/C35H39Cl2N7O4.C2H6O/c1-2-41-14-3-19-45-34(41)40-27-5-7-28(8-6-27)42-15-17-43(18-16-42)29-9-11-30(12-10-29)46-21-31-22-47-35(48-31,23-44-25-38-24-39-44)32-13-4-26(36)20-33(32)37;1-2-3/h4-13,20,24-25,31H,2-3,14-19,21-23H2,1H3;3H,2H2,1H3/t31-,35-;/m1./s1. The van der Waals surface area contributed by atoms with E-state index in [4.69, 9.17) is 52.2 Å². The number of benzene rings is 3. The summed E-state index contributed by atoms with van der Waals surface area (Å²) in [7, 11) is 0. The van der Waals surface area contributed by atoms with Crippen molar-refractivity contribution in [3.63, 3.8) is 0 Å². The Morgan fingerprint density at radius 1 is 0.941 bits per heavy atom. The molecule has 0 radical (unpaired) electrons. The van der Waals surface area contributed by atoms with Crippen molar-refractivity contribution in [1.29, 1.82) is 0 Å². The molecule has 51 heavy (non-hydrogen) atoms. The lowest BCUT2D eigenvalue weighted by molar-refractivity contribution is -0.190. The van der Waals surface area contributed by atoms with Crippen molar-refractivity contribution in [3.05, 3.63) is 95.0 Å². The molecule has 0 unspecified atom stereocenters. The van der Waals surface area contributed by atoms with Crippen molar-refractivity contribution < 1.29 is 24.1 Å².